The molecular weight excluding hydrogens is 905 g/mol. The average Bonchev–Trinajstić information content (AvgIpc) is 3.40. The summed E-state index contributed by atoms with van der Waals surface area (Å²) in [6.07, 6.45) is 68.2. The summed E-state index contributed by atoms with van der Waals surface area (Å²) in [5.41, 5.74) is 0. The summed E-state index contributed by atoms with van der Waals surface area (Å²) >= 11 is 0. The Labute approximate surface area is 467 Å². The van der Waals surface area contributed by atoms with Crippen LogP contribution in [0, 0.1) is 0 Å². The molecule has 0 aliphatic carbocycles. The van der Waals surface area contributed by atoms with Gasteiger partial charge in [-0.05, 0) is 65.7 Å². The lowest BCUT2D eigenvalue weighted by atomic mass is 10.0. The highest BCUT2D eigenvalue weighted by molar-refractivity contribution is 5.77. The van der Waals surface area contributed by atoms with Gasteiger partial charge < -0.3 is 19.6 Å². The Morgan fingerprint density at radius 1 is 0.216 bits per heavy atom. The molecule has 0 aromatic carbocycles. The first-order valence-corrected chi connectivity index (χ1v) is 34.3. The Kier molecular flexibility index (Phi) is 60.1. The van der Waals surface area contributed by atoms with Crippen LogP contribution in [0.3, 0.4) is 0 Å². The topological polar surface area (TPSA) is 47.1 Å². The molecule has 6 heteroatoms. The van der Waals surface area contributed by atoms with Crippen LogP contribution in [0.1, 0.15) is 362 Å². The Bertz CT molecular complexity index is 967. The van der Waals surface area contributed by atoms with E-state index in [9.17, 15) is 9.59 Å². The summed E-state index contributed by atoms with van der Waals surface area (Å²) in [5, 5.41) is 0. The smallest absolute Gasteiger partial charge is 0.223 e. The fourth-order valence-corrected chi connectivity index (χ4v) is 11.2. The van der Waals surface area contributed by atoms with Crippen molar-refractivity contribution in [3.8, 4) is 0 Å². The molecule has 0 heterocycles. The first-order chi connectivity index (χ1) is 36.4. The highest BCUT2D eigenvalue weighted by Gasteiger charge is 2.19. The predicted molar refractivity (Wildman–Crippen MR) is 331 cm³/mol. The fraction of sp³-hybridized carbons (Fsp3) is 0.971. The van der Waals surface area contributed by atoms with Gasteiger partial charge in [0.2, 0.25) is 11.8 Å². The zero-order valence-corrected chi connectivity index (χ0v) is 52.0. The van der Waals surface area contributed by atoms with Gasteiger partial charge in [-0.25, -0.2) is 0 Å². The Hall–Kier alpha value is -1.14. The van der Waals surface area contributed by atoms with Gasteiger partial charge in [0, 0.05) is 52.1 Å². The van der Waals surface area contributed by atoms with Crippen molar-refractivity contribution in [2.75, 3.05) is 66.5 Å². The molecule has 6 nitrogen and oxygen atoms in total. The Morgan fingerprint density at radius 3 is 0.595 bits per heavy atom. The van der Waals surface area contributed by atoms with Crippen molar-refractivity contribution in [3.63, 3.8) is 0 Å². The Morgan fingerprint density at radius 2 is 0.392 bits per heavy atom. The van der Waals surface area contributed by atoms with E-state index in [4.69, 9.17) is 0 Å². The SMILES string of the molecule is CCCCCCCCCCCCCCN(CCCCCCCCCCCCCC)C(=O)CCN(CCCCN(C)C)CCC(=O)N(CCCCCCCCCCCCCC)CCCCCCCCCCCCCC. The molecule has 0 unspecified atom stereocenters. The van der Waals surface area contributed by atoms with Crippen molar-refractivity contribution in [1.82, 2.24) is 19.6 Å². The van der Waals surface area contributed by atoms with Crippen molar-refractivity contribution < 1.29 is 9.59 Å². The van der Waals surface area contributed by atoms with E-state index in [2.05, 4.69) is 61.4 Å². The molecule has 0 aliphatic rings. The lowest BCUT2D eigenvalue weighted by Crippen LogP contribution is -2.39. The first-order valence-electron chi connectivity index (χ1n) is 34.3. The molecule has 0 bridgehead atoms. The predicted octanol–water partition coefficient (Wildman–Crippen LogP) is 20.9. The normalized spacial score (nSPS) is 11.7. The van der Waals surface area contributed by atoms with Gasteiger partial charge in [0.15, 0.2) is 0 Å². The van der Waals surface area contributed by atoms with Crippen molar-refractivity contribution in [1.29, 1.82) is 0 Å². The van der Waals surface area contributed by atoms with E-state index in [-0.39, 0.29) is 0 Å². The number of amides is 2. The third-order valence-corrected chi connectivity index (χ3v) is 16.4. The van der Waals surface area contributed by atoms with Gasteiger partial charge in [0.1, 0.15) is 0 Å². The van der Waals surface area contributed by atoms with Gasteiger partial charge in [-0.15, -0.1) is 0 Å². The monoisotopic (exact) mass is 1040 g/mol. The van der Waals surface area contributed by atoms with E-state index < -0.39 is 0 Å². The minimum absolute atomic E-state index is 0.348. The summed E-state index contributed by atoms with van der Waals surface area (Å²) in [7, 11) is 4.33. The molecule has 442 valence electrons. The molecule has 0 saturated heterocycles. The van der Waals surface area contributed by atoms with E-state index in [0.717, 1.165) is 90.9 Å². The van der Waals surface area contributed by atoms with Crippen LogP contribution >= 0.6 is 0 Å². The van der Waals surface area contributed by atoms with Gasteiger partial charge in [0.05, 0.1) is 0 Å². The highest BCUT2D eigenvalue weighted by Crippen LogP contribution is 2.18. The van der Waals surface area contributed by atoms with E-state index in [1.807, 2.05) is 0 Å². The largest absolute Gasteiger partial charge is 0.343 e. The number of carbonyl (C=O) groups excluding carboxylic acids is 2. The van der Waals surface area contributed by atoms with Crippen LogP contribution in [0.4, 0.5) is 0 Å². The third-order valence-electron chi connectivity index (χ3n) is 16.4. The van der Waals surface area contributed by atoms with Crippen LogP contribution in [0.5, 0.6) is 0 Å². The molecule has 0 fully saturated rings. The van der Waals surface area contributed by atoms with Crippen LogP contribution in [0.2, 0.25) is 0 Å². The van der Waals surface area contributed by atoms with Gasteiger partial charge in [-0.1, -0.05) is 310 Å². The molecule has 0 spiro atoms. The van der Waals surface area contributed by atoms with Crippen LogP contribution in [0.25, 0.3) is 0 Å². The maximum absolute atomic E-state index is 14.2. The minimum atomic E-state index is 0.348. The summed E-state index contributed by atoms with van der Waals surface area (Å²) in [5.74, 6) is 0.697. The lowest BCUT2D eigenvalue weighted by Gasteiger charge is -2.28. The zero-order chi connectivity index (χ0) is 53.9. The molecule has 0 saturated carbocycles. The van der Waals surface area contributed by atoms with E-state index in [0.29, 0.717) is 24.7 Å². The van der Waals surface area contributed by atoms with Crippen molar-refractivity contribution in [3.05, 3.63) is 0 Å². The number of unbranched alkanes of at least 4 members (excludes halogenated alkanes) is 45. The van der Waals surface area contributed by atoms with Crippen LogP contribution in [-0.4, -0.2) is 97.9 Å². The molecular formula is C68H138N4O2. The third kappa shape index (κ3) is 54.2. The average molecular weight is 1040 g/mol. The quantitative estimate of drug-likeness (QED) is 0.0570. The second-order valence-electron chi connectivity index (χ2n) is 24.2. The molecule has 2 amide bonds. The highest BCUT2D eigenvalue weighted by atomic mass is 16.2. The van der Waals surface area contributed by atoms with Gasteiger partial charge in [0.25, 0.3) is 0 Å². The first kappa shape index (κ1) is 72.9. The van der Waals surface area contributed by atoms with E-state index in [1.165, 1.54) is 283 Å². The van der Waals surface area contributed by atoms with E-state index in [1.54, 1.807) is 0 Å². The number of rotatable bonds is 63. The van der Waals surface area contributed by atoms with E-state index >= 15 is 0 Å². The van der Waals surface area contributed by atoms with Crippen LogP contribution in [0.15, 0.2) is 0 Å². The number of nitrogens with zero attached hydrogens (tertiary/aromatic N) is 4. The maximum Gasteiger partial charge on any atom is 0.223 e. The Balaban J connectivity index is 5.39. The van der Waals surface area contributed by atoms with Crippen LogP contribution < -0.4 is 0 Å². The van der Waals surface area contributed by atoms with Gasteiger partial charge in [-0.2, -0.15) is 0 Å². The molecule has 0 N–H and O–H groups in total. The van der Waals surface area contributed by atoms with Crippen molar-refractivity contribution >= 4 is 11.8 Å². The molecule has 0 rings (SSSR count). The summed E-state index contributed by atoms with van der Waals surface area (Å²) in [6.45, 7) is 16.5. The minimum Gasteiger partial charge on any atom is -0.343 e. The number of hydrogen-bond acceptors (Lipinski definition) is 4. The molecule has 74 heavy (non-hydrogen) atoms. The molecule has 0 aliphatic heterocycles. The molecule has 0 aromatic rings. The second kappa shape index (κ2) is 61.1. The maximum atomic E-state index is 14.2. The fourth-order valence-electron chi connectivity index (χ4n) is 11.2. The second-order valence-corrected chi connectivity index (χ2v) is 24.2. The number of carbonyl (C=O) groups is 2. The molecule has 0 radical (unpaired) electrons. The molecule has 0 aromatic heterocycles. The standard InChI is InChI=1S/C68H138N4O2/c1-7-11-15-19-23-27-31-35-39-43-47-51-61-71(62-52-48-44-40-36-32-28-24-20-16-12-8-2)67(73)57-65-70(60-56-55-59-69(5)6)66-58-68(74)72(63-53-49-45-41-37-33-29-25-21-17-13-9-3)64-54-50-46-42-38-34-30-26-22-18-14-10-4/h7-66H2,1-6H3. The lowest BCUT2D eigenvalue weighted by molar-refractivity contribution is -0.131. The van der Waals surface area contributed by atoms with Crippen LogP contribution in [-0.2, 0) is 9.59 Å². The molecule has 0 atom stereocenters. The zero-order valence-electron chi connectivity index (χ0n) is 52.0. The summed E-state index contributed by atoms with van der Waals surface area (Å²) in [4.78, 5) is 37.6. The van der Waals surface area contributed by atoms with Crippen molar-refractivity contribution in [2.24, 2.45) is 0 Å². The summed E-state index contributed by atoms with van der Waals surface area (Å²) in [6, 6.07) is 0. The summed E-state index contributed by atoms with van der Waals surface area (Å²) < 4.78 is 0. The van der Waals surface area contributed by atoms with Gasteiger partial charge >= 0.3 is 0 Å². The van der Waals surface area contributed by atoms with Crippen molar-refractivity contribution in [2.45, 2.75) is 362 Å². The number of hydrogen-bond donors (Lipinski definition) is 0. The van der Waals surface area contributed by atoms with Gasteiger partial charge in [-0.3, -0.25) is 9.59 Å².